The van der Waals surface area contributed by atoms with Gasteiger partial charge >= 0.3 is 6.18 Å². The molecule has 4 heterocycles. The average Bonchev–Trinajstić information content (AvgIpc) is 3.12. The molecule has 1 aromatic rings. The maximum Gasteiger partial charge on any atom is 0.403 e. The molecule has 0 spiro atoms. The number of ether oxygens (including phenoxy) is 1. The van der Waals surface area contributed by atoms with Gasteiger partial charge in [0.2, 0.25) is 0 Å². The highest BCUT2D eigenvalue weighted by molar-refractivity contribution is 5.94. The Morgan fingerprint density at radius 1 is 1.11 bits per heavy atom. The van der Waals surface area contributed by atoms with Crippen molar-refractivity contribution in [1.29, 1.82) is 0 Å². The van der Waals surface area contributed by atoms with E-state index in [-0.39, 0.29) is 18.4 Å². The van der Waals surface area contributed by atoms with Gasteiger partial charge < -0.3 is 15.0 Å². The summed E-state index contributed by atoms with van der Waals surface area (Å²) in [4.78, 5) is 14.9. The van der Waals surface area contributed by atoms with E-state index < -0.39 is 18.4 Å². The zero-order valence-electron chi connectivity index (χ0n) is 15.0. The van der Waals surface area contributed by atoms with Gasteiger partial charge in [-0.25, -0.2) is 0 Å². The van der Waals surface area contributed by atoms with Crippen molar-refractivity contribution in [2.24, 2.45) is 5.92 Å². The van der Waals surface area contributed by atoms with Gasteiger partial charge in [0.05, 0.1) is 0 Å². The minimum atomic E-state index is -4.25. The van der Waals surface area contributed by atoms with Crippen LogP contribution in [0.3, 0.4) is 0 Å². The predicted molar refractivity (Wildman–Crippen MR) is 93.5 cm³/mol. The fourth-order valence-electron chi connectivity index (χ4n) is 4.29. The second-order valence-electron chi connectivity index (χ2n) is 7.69. The number of carbonyl (C=O) groups excluding carboxylic acids is 1. The molecule has 5 rings (SSSR count). The molecule has 0 saturated carbocycles. The number of nitrogens with zero attached hydrogens (tertiary/aromatic N) is 1. The van der Waals surface area contributed by atoms with Crippen molar-refractivity contribution in [3.63, 3.8) is 0 Å². The number of fused-ring (bicyclic) bond motifs is 3. The molecule has 4 saturated heterocycles. The molecule has 0 radical (unpaired) electrons. The Bertz CT molecular complexity index is 672. The van der Waals surface area contributed by atoms with E-state index in [0.29, 0.717) is 23.7 Å². The zero-order chi connectivity index (χ0) is 19.0. The summed E-state index contributed by atoms with van der Waals surface area (Å²) in [7, 11) is 0. The van der Waals surface area contributed by atoms with Crippen LogP contribution in [0.5, 0.6) is 5.75 Å². The zero-order valence-corrected chi connectivity index (χ0v) is 15.0. The molecule has 1 aromatic carbocycles. The molecule has 4 fully saturated rings. The Morgan fingerprint density at radius 3 is 2.37 bits per heavy atom. The second-order valence-corrected chi connectivity index (χ2v) is 7.69. The molecule has 8 heteroatoms. The van der Waals surface area contributed by atoms with Gasteiger partial charge in [-0.2, -0.15) is 13.2 Å². The number of amides is 1. The van der Waals surface area contributed by atoms with Crippen LogP contribution in [0.25, 0.3) is 0 Å². The number of hydrogen-bond donors (Lipinski definition) is 2. The van der Waals surface area contributed by atoms with Crippen LogP contribution >= 0.6 is 0 Å². The summed E-state index contributed by atoms with van der Waals surface area (Å²) in [5, 5.41) is 5.58. The van der Waals surface area contributed by atoms with Gasteiger partial charge in [0.15, 0.2) is 6.23 Å². The van der Waals surface area contributed by atoms with Crippen LogP contribution in [0.2, 0.25) is 0 Å². The minimum absolute atomic E-state index is 0.00816. The smallest absolute Gasteiger partial charge is 0.403 e. The van der Waals surface area contributed by atoms with Crippen LogP contribution in [0.15, 0.2) is 24.3 Å². The Hall–Kier alpha value is -1.80. The van der Waals surface area contributed by atoms with Gasteiger partial charge in [-0.3, -0.25) is 10.1 Å². The van der Waals surface area contributed by atoms with Gasteiger partial charge in [-0.15, -0.1) is 0 Å². The highest BCUT2D eigenvalue weighted by Crippen LogP contribution is 2.30. The lowest BCUT2D eigenvalue weighted by Gasteiger charge is -2.44. The van der Waals surface area contributed by atoms with E-state index in [9.17, 15) is 18.0 Å². The number of carbonyl (C=O) groups is 1. The van der Waals surface area contributed by atoms with Crippen molar-refractivity contribution in [2.75, 3.05) is 19.6 Å². The summed E-state index contributed by atoms with van der Waals surface area (Å²) in [5.41, 5.74) is 0.534. The molecule has 5 nitrogen and oxygen atoms in total. The summed E-state index contributed by atoms with van der Waals surface area (Å²) in [6, 6.07) is 5.25. The standard InChI is InChI=1S/C19H24F3N3O2/c20-19(21,22)16-5-6-17(24-16)27-14-3-1-13(2-4-14)18(26)23-15-11-25-9-7-12(15)8-10-25/h1-4,12,15-17,24H,5-11H2,(H,23,26)/t15-,16?,17?/m0/s1. The molecule has 2 N–H and O–H groups in total. The lowest BCUT2D eigenvalue weighted by Crippen LogP contribution is -2.57. The van der Waals surface area contributed by atoms with Gasteiger partial charge in [-0.05, 0) is 69.0 Å². The van der Waals surface area contributed by atoms with Crippen molar-refractivity contribution < 1.29 is 22.7 Å². The van der Waals surface area contributed by atoms with E-state index in [2.05, 4.69) is 15.5 Å². The molecule has 2 unspecified atom stereocenters. The molecule has 0 aromatic heterocycles. The van der Waals surface area contributed by atoms with Crippen LogP contribution in [-0.4, -0.2) is 54.9 Å². The molecule has 0 aliphatic carbocycles. The summed E-state index contributed by atoms with van der Waals surface area (Å²) in [6.07, 6.45) is -2.35. The third-order valence-electron chi connectivity index (χ3n) is 5.87. The topological polar surface area (TPSA) is 53.6 Å². The van der Waals surface area contributed by atoms with Crippen LogP contribution in [0, 0.1) is 5.92 Å². The van der Waals surface area contributed by atoms with Crippen molar-refractivity contribution in [3.05, 3.63) is 29.8 Å². The predicted octanol–water partition coefficient (Wildman–Crippen LogP) is 2.53. The Morgan fingerprint density at radius 2 is 1.81 bits per heavy atom. The number of benzene rings is 1. The van der Waals surface area contributed by atoms with E-state index in [0.717, 1.165) is 32.5 Å². The third kappa shape index (κ3) is 4.21. The summed E-state index contributed by atoms with van der Waals surface area (Å²) >= 11 is 0. The minimum Gasteiger partial charge on any atom is -0.475 e. The van der Waals surface area contributed by atoms with Gasteiger partial charge in [0.1, 0.15) is 11.8 Å². The van der Waals surface area contributed by atoms with E-state index in [1.54, 1.807) is 24.3 Å². The number of halogens is 3. The van der Waals surface area contributed by atoms with Crippen LogP contribution in [0.4, 0.5) is 13.2 Å². The average molecular weight is 383 g/mol. The van der Waals surface area contributed by atoms with Crippen molar-refractivity contribution in [2.45, 2.75) is 50.2 Å². The first-order valence-electron chi connectivity index (χ1n) is 9.51. The third-order valence-corrected chi connectivity index (χ3v) is 5.87. The number of rotatable bonds is 4. The normalized spacial score (nSPS) is 33.1. The van der Waals surface area contributed by atoms with Crippen molar-refractivity contribution >= 4 is 5.91 Å². The molecule has 148 valence electrons. The SMILES string of the molecule is O=C(N[C@H]1CN2CCC1CC2)c1ccc(OC2CCC(C(F)(F)F)N2)cc1. The first kappa shape index (κ1) is 18.6. The first-order valence-corrected chi connectivity index (χ1v) is 9.51. The second kappa shape index (κ2) is 7.31. The molecule has 1 amide bonds. The summed E-state index contributed by atoms with van der Waals surface area (Å²) in [6.45, 7) is 3.15. The van der Waals surface area contributed by atoms with E-state index >= 15 is 0 Å². The summed E-state index contributed by atoms with van der Waals surface area (Å²) < 4.78 is 43.7. The highest BCUT2D eigenvalue weighted by atomic mass is 19.4. The molecule has 4 aliphatic rings. The molecule has 2 bridgehead atoms. The van der Waals surface area contributed by atoms with Crippen LogP contribution in [0.1, 0.15) is 36.0 Å². The van der Waals surface area contributed by atoms with Gasteiger partial charge in [-0.1, -0.05) is 0 Å². The largest absolute Gasteiger partial charge is 0.475 e. The van der Waals surface area contributed by atoms with Crippen LogP contribution in [-0.2, 0) is 0 Å². The number of nitrogens with one attached hydrogen (secondary N) is 2. The Kier molecular flexibility index (Phi) is 5.03. The maximum absolute atomic E-state index is 12.7. The lowest BCUT2D eigenvalue weighted by molar-refractivity contribution is -0.154. The van der Waals surface area contributed by atoms with E-state index in [1.807, 2.05) is 0 Å². The summed E-state index contributed by atoms with van der Waals surface area (Å²) in [5.74, 6) is 0.891. The lowest BCUT2D eigenvalue weighted by atomic mass is 9.84. The molecule has 3 atom stereocenters. The Balaban J connectivity index is 1.30. The molecular formula is C19H24F3N3O2. The quantitative estimate of drug-likeness (QED) is 0.839. The fourth-order valence-corrected chi connectivity index (χ4v) is 4.29. The fraction of sp³-hybridized carbons (Fsp3) is 0.632. The van der Waals surface area contributed by atoms with Gasteiger partial charge in [0, 0.05) is 18.2 Å². The molecule has 4 aliphatic heterocycles. The molecular weight excluding hydrogens is 359 g/mol. The number of piperidine rings is 3. The Labute approximate surface area is 156 Å². The monoisotopic (exact) mass is 383 g/mol. The highest BCUT2D eigenvalue weighted by Gasteiger charge is 2.44. The van der Waals surface area contributed by atoms with Crippen LogP contribution < -0.4 is 15.4 Å². The number of hydrogen-bond acceptors (Lipinski definition) is 4. The number of alkyl halides is 3. The van der Waals surface area contributed by atoms with Crippen molar-refractivity contribution in [3.8, 4) is 5.75 Å². The molecule has 27 heavy (non-hydrogen) atoms. The maximum atomic E-state index is 12.7. The van der Waals surface area contributed by atoms with Gasteiger partial charge in [0.25, 0.3) is 5.91 Å². The van der Waals surface area contributed by atoms with E-state index in [4.69, 9.17) is 4.74 Å². The van der Waals surface area contributed by atoms with E-state index in [1.165, 1.54) is 0 Å². The first-order chi connectivity index (χ1) is 12.9. The van der Waals surface area contributed by atoms with Crippen molar-refractivity contribution in [1.82, 2.24) is 15.5 Å².